The zero-order valence-electron chi connectivity index (χ0n) is 9.03. The van der Waals surface area contributed by atoms with E-state index in [1.54, 1.807) is 18.2 Å². The van der Waals surface area contributed by atoms with E-state index in [-0.39, 0.29) is 5.78 Å². The first-order valence-corrected chi connectivity index (χ1v) is 5.27. The Kier molecular flexibility index (Phi) is 5.25. The summed E-state index contributed by atoms with van der Waals surface area (Å²) in [4.78, 5) is 15.6. The number of ether oxygens (including phenoxy) is 1. The van der Waals surface area contributed by atoms with Gasteiger partial charge in [-0.25, -0.2) is 5.90 Å². The average molecular weight is 244 g/mol. The van der Waals surface area contributed by atoms with Gasteiger partial charge in [-0.15, -0.1) is 0 Å². The highest BCUT2D eigenvalue weighted by molar-refractivity contribution is 6.31. The first-order valence-electron chi connectivity index (χ1n) is 4.89. The van der Waals surface area contributed by atoms with Crippen molar-refractivity contribution < 1.29 is 14.4 Å². The predicted molar refractivity (Wildman–Crippen MR) is 61.7 cm³/mol. The maximum absolute atomic E-state index is 11.2. The van der Waals surface area contributed by atoms with Crippen LogP contribution in [0.25, 0.3) is 0 Å². The highest BCUT2D eigenvalue weighted by Gasteiger charge is 2.04. The van der Waals surface area contributed by atoms with Crippen LogP contribution in [0.15, 0.2) is 18.2 Å². The summed E-state index contributed by atoms with van der Waals surface area (Å²) in [6, 6.07) is 4.94. The van der Waals surface area contributed by atoms with Crippen molar-refractivity contribution in [2.75, 3.05) is 13.2 Å². The Morgan fingerprint density at radius 3 is 2.75 bits per heavy atom. The molecule has 0 saturated heterocycles. The second kappa shape index (κ2) is 6.48. The van der Waals surface area contributed by atoms with E-state index in [9.17, 15) is 4.79 Å². The number of Topliss-reactive ketones (excluding diaryl/α,β-unsaturated/α-hetero) is 1. The van der Waals surface area contributed by atoms with Crippen LogP contribution >= 0.6 is 11.6 Å². The van der Waals surface area contributed by atoms with E-state index in [1.807, 2.05) is 0 Å². The molecule has 2 N–H and O–H groups in total. The topological polar surface area (TPSA) is 61.5 Å². The summed E-state index contributed by atoms with van der Waals surface area (Å²) in [6.45, 7) is 2.38. The Balaban J connectivity index is 2.62. The molecule has 0 radical (unpaired) electrons. The Hall–Kier alpha value is -1.10. The second-order valence-corrected chi connectivity index (χ2v) is 3.74. The molecule has 16 heavy (non-hydrogen) atoms. The third-order valence-electron chi connectivity index (χ3n) is 1.95. The molecule has 88 valence electrons. The standard InChI is InChI=1S/C11H14ClNO3/c1-8(14)9-5-10(12)7-11(6-9)15-3-2-4-16-13/h5-7H,2-4,13H2,1H3. The first kappa shape index (κ1) is 13.0. The summed E-state index contributed by atoms with van der Waals surface area (Å²) in [5, 5.41) is 0.484. The molecule has 1 aromatic carbocycles. The number of nitrogens with two attached hydrogens (primary N) is 1. The Morgan fingerprint density at radius 2 is 2.12 bits per heavy atom. The molecule has 4 nitrogen and oxygen atoms in total. The van der Waals surface area contributed by atoms with E-state index >= 15 is 0 Å². The van der Waals surface area contributed by atoms with Gasteiger partial charge in [-0.2, -0.15) is 0 Å². The van der Waals surface area contributed by atoms with Gasteiger partial charge in [0.2, 0.25) is 0 Å². The van der Waals surface area contributed by atoms with Crippen molar-refractivity contribution in [3.8, 4) is 5.75 Å². The number of halogens is 1. The lowest BCUT2D eigenvalue weighted by Crippen LogP contribution is -2.06. The summed E-state index contributed by atoms with van der Waals surface area (Å²) in [7, 11) is 0. The zero-order valence-corrected chi connectivity index (χ0v) is 9.79. The van der Waals surface area contributed by atoms with Crippen molar-refractivity contribution in [1.29, 1.82) is 0 Å². The maximum Gasteiger partial charge on any atom is 0.159 e. The van der Waals surface area contributed by atoms with Crippen LogP contribution in [0, 0.1) is 0 Å². The third-order valence-corrected chi connectivity index (χ3v) is 2.17. The van der Waals surface area contributed by atoms with Crippen molar-refractivity contribution in [2.24, 2.45) is 5.90 Å². The van der Waals surface area contributed by atoms with E-state index in [4.69, 9.17) is 22.2 Å². The highest BCUT2D eigenvalue weighted by Crippen LogP contribution is 2.21. The molecule has 0 fully saturated rings. The van der Waals surface area contributed by atoms with E-state index in [0.717, 1.165) is 0 Å². The van der Waals surface area contributed by atoms with Gasteiger partial charge in [0.05, 0.1) is 13.2 Å². The monoisotopic (exact) mass is 243 g/mol. The van der Waals surface area contributed by atoms with Crippen LogP contribution < -0.4 is 10.6 Å². The molecule has 0 amide bonds. The molecule has 1 aromatic rings. The molecule has 0 atom stereocenters. The molecule has 5 heteroatoms. The number of rotatable bonds is 6. The predicted octanol–water partition coefficient (Wildman–Crippen LogP) is 2.20. The molecule has 0 aliphatic heterocycles. The minimum atomic E-state index is -0.0439. The van der Waals surface area contributed by atoms with Crippen molar-refractivity contribution in [3.05, 3.63) is 28.8 Å². The molecule has 0 aliphatic carbocycles. The molecule has 0 bridgehead atoms. The quantitative estimate of drug-likeness (QED) is 0.473. The van der Waals surface area contributed by atoms with E-state index in [2.05, 4.69) is 4.84 Å². The van der Waals surface area contributed by atoms with Crippen LogP contribution in [0.1, 0.15) is 23.7 Å². The van der Waals surface area contributed by atoms with Gasteiger partial charge in [-0.05, 0) is 25.1 Å². The normalized spacial score (nSPS) is 10.2. The lowest BCUT2D eigenvalue weighted by Gasteiger charge is -2.07. The number of benzene rings is 1. The fraction of sp³-hybridized carbons (Fsp3) is 0.364. The summed E-state index contributed by atoms with van der Waals surface area (Å²) in [6.07, 6.45) is 0.679. The van der Waals surface area contributed by atoms with Crippen LogP contribution in [0.3, 0.4) is 0 Å². The van der Waals surface area contributed by atoms with Crippen LogP contribution in [0.2, 0.25) is 5.02 Å². The van der Waals surface area contributed by atoms with E-state index in [1.165, 1.54) is 6.92 Å². The Bertz CT molecular complexity index is 368. The van der Waals surface area contributed by atoms with Gasteiger partial charge in [-0.1, -0.05) is 11.6 Å². The Labute approximate surface area is 99.2 Å². The van der Waals surface area contributed by atoms with Gasteiger partial charge in [-0.3, -0.25) is 4.79 Å². The average Bonchev–Trinajstić information content (AvgIpc) is 2.23. The fourth-order valence-corrected chi connectivity index (χ4v) is 1.41. The molecule has 0 unspecified atom stereocenters. The van der Waals surface area contributed by atoms with Crippen molar-refractivity contribution in [1.82, 2.24) is 0 Å². The van der Waals surface area contributed by atoms with Crippen molar-refractivity contribution >= 4 is 17.4 Å². The number of hydrogen-bond acceptors (Lipinski definition) is 4. The third kappa shape index (κ3) is 4.18. The number of carbonyl (C=O) groups excluding carboxylic acids is 1. The minimum absolute atomic E-state index is 0.0439. The highest BCUT2D eigenvalue weighted by atomic mass is 35.5. The van der Waals surface area contributed by atoms with Crippen molar-refractivity contribution in [3.63, 3.8) is 0 Å². The lowest BCUT2D eigenvalue weighted by atomic mass is 10.1. The SMILES string of the molecule is CC(=O)c1cc(Cl)cc(OCCCON)c1. The number of carbonyl (C=O) groups is 1. The van der Waals surface area contributed by atoms with Gasteiger partial charge in [0, 0.05) is 17.0 Å². The molecular weight excluding hydrogens is 230 g/mol. The van der Waals surface area contributed by atoms with Gasteiger partial charge in [0.25, 0.3) is 0 Å². The fourth-order valence-electron chi connectivity index (χ4n) is 1.18. The maximum atomic E-state index is 11.2. The van der Waals surface area contributed by atoms with Crippen LogP contribution in [0.5, 0.6) is 5.75 Å². The summed E-state index contributed by atoms with van der Waals surface area (Å²) in [5.41, 5.74) is 0.539. The largest absolute Gasteiger partial charge is 0.493 e. The Morgan fingerprint density at radius 1 is 1.38 bits per heavy atom. The van der Waals surface area contributed by atoms with Crippen LogP contribution in [-0.4, -0.2) is 19.0 Å². The number of hydrogen-bond donors (Lipinski definition) is 1. The lowest BCUT2D eigenvalue weighted by molar-refractivity contribution is 0.101. The molecule has 0 saturated carbocycles. The molecule has 0 aromatic heterocycles. The van der Waals surface area contributed by atoms with Gasteiger partial charge >= 0.3 is 0 Å². The van der Waals surface area contributed by atoms with Gasteiger partial charge in [0.1, 0.15) is 5.75 Å². The first-order chi connectivity index (χ1) is 7.63. The molecular formula is C11H14ClNO3. The second-order valence-electron chi connectivity index (χ2n) is 3.30. The molecule has 0 heterocycles. The molecule has 1 rings (SSSR count). The summed E-state index contributed by atoms with van der Waals surface area (Å²) >= 11 is 5.86. The molecule has 0 spiro atoms. The van der Waals surface area contributed by atoms with Crippen LogP contribution in [-0.2, 0) is 4.84 Å². The summed E-state index contributed by atoms with van der Waals surface area (Å²) < 4.78 is 5.41. The van der Waals surface area contributed by atoms with Crippen LogP contribution in [0.4, 0.5) is 0 Å². The van der Waals surface area contributed by atoms with E-state index in [0.29, 0.717) is 36.0 Å². The minimum Gasteiger partial charge on any atom is -0.493 e. The summed E-state index contributed by atoms with van der Waals surface area (Å²) in [5.74, 6) is 5.41. The zero-order chi connectivity index (χ0) is 12.0. The molecule has 0 aliphatic rings. The smallest absolute Gasteiger partial charge is 0.159 e. The van der Waals surface area contributed by atoms with Crippen molar-refractivity contribution in [2.45, 2.75) is 13.3 Å². The van der Waals surface area contributed by atoms with E-state index < -0.39 is 0 Å². The van der Waals surface area contributed by atoms with Gasteiger partial charge < -0.3 is 9.57 Å². The number of ketones is 1. The van der Waals surface area contributed by atoms with Gasteiger partial charge in [0.15, 0.2) is 5.78 Å².